The van der Waals surface area contributed by atoms with E-state index in [1.807, 2.05) is 36.4 Å². The summed E-state index contributed by atoms with van der Waals surface area (Å²) in [7, 11) is -3.32. The summed E-state index contributed by atoms with van der Waals surface area (Å²) in [6.45, 7) is 6.58. The van der Waals surface area contributed by atoms with Crippen molar-refractivity contribution >= 4 is 33.2 Å². The molecule has 2 aliphatic rings. The van der Waals surface area contributed by atoms with Crippen LogP contribution in [0.3, 0.4) is 0 Å². The van der Waals surface area contributed by atoms with Crippen LogP contribution in [0.2, 0.25) is 10.0 Å². The first-order chi connectivity index (χ1) is 21.7. The fraction of sp³-hybridized carbons (Fsp3) is 0.400. The number of halogens is 2. The molecule has 3 heterocycles. The fourth-order valence-corrected chi connectivity index (χ4v) is 7.58. The van der Waals surface area contributed by atoms with Gasteiger partial charge in [-0.3, -0.25) is 4.68 Å². The largest absolute Gasteiger partial charge is 0.309 e. The summed E-state index contributed by atoms with van der Waals surface area (Å²) in [6.07, 6.45) is 6.87. The zero-order valence-corrected chi connectivity index (χ0v) is 28.1. The van der Waals surface area contributed by atoms with Gasteiger partial charge in [-0.05, 0) is 79.9 Å². The molecule has 0 unspecified atom stereocenters. The third-order valence-corrected chi connectivity index (χ3v) is 10.8. The number of fused-ring (bicyclic) bond motifs is 1. The third-order valence-electron chi connectivity index (χ3n) is 8.94. The van der Waals surface area contributed by atoms with Gasteiger partial charge in [-0.15, -0.1) is 0 Å². The Morgan fingerprint density at radius 1 is 0.822 bits per heavy atom. The first-order valence-corrected chi connectivity index (χ1v) is 18.5. The quantitative estimate of drug-likeness (QED) is 0.187. The van der Waals surface area contributed by atoms with Crippen molar-refractivity contribution < 1.29 is 8.42 Å². The molecule has 1 saturated heterocycles. The summed E-state index contributed by atoms with van der Waals surface area (Å²) in [5.41, 5.74) is 8.26. The summed E-state index contributed by atoms with van der Waals surface area (Å²) in [5, 5.41) is 10.0. The highest BCUT2D eigenvalue weighted by molar-refractivity contribution is 7.88. The Labute approximate surface area is 277 Å². The molecule has 0 radical (unpaired) electrons. The van der Waals surface area contributed by atoms with Crippen molar-refractivity contribution in [2.45, 2.75) is 58.3 Å². The van der Waals surface area contributed by atoms with E-state index in [1.54, 1.807) is 4.31 Å². The van der Waals surface area contributed by atoms with Crippen LogP contribution in [-0.4, -0.2) is 59.8 Å². The molecule has 1 fully saturated rings. The van der Waals surface area contributed by atoms with Gasteiger partial charge in [-0.1, -0.05) is 72.1 Å². The van der Waals surface area contributed by atoms with Gasteiger partial charge in [0.25, 0.3) is 0 Å². The average molecular weight is 667 g/mol. The van der Waals surface area contributed by atoms with Crippen molar-refractivity contribution in [2.75, 3.05) is 32.4 Å². The second kappa shape index (κ2) is 14.4. The third kappa shape index (κ3) is 7.99. The van der Waals surface area contributed by atoms with Crippen molar-refractivity contribution in [3.8, 4) is 22.4 Å². The molecule has 7 nitrogen and oxygen atoms in total. The molecule has 0 atom stereocenters. The van der Waals surface area contributed by atoms with Gasteiger partial charge in [0.2, 0.25) is 10.0 Å². The lowest BCUT2D eigenvalue weighted by molar-refractivity contribution is 0.221. The average Bonchev–Trinajstić information content (AvgIpc) is 3.41. The van der Waals surface area contributed by atoms with Gasteiger partial charge in [0.05, 0.1) is 11.9 Å². The molecule has 1 N–H and O–H groups in total. The number of nitrogens with one attached hydrogen (secondary N) is 1. The number of nitrogens with zero attached hydrogens (tertiary/aromatic N) is 4. The Hall–Kier alpha value is -2.72. The van der Waals surface area contributed by atoms with Crippen molar-refractivity contribution in [3.05, 3.63) is 99.2 Å². The molecule has 45 heavy (non-hydrogen) atoms. The maximum absolute atomic E-state index is 12.5. The fourth-order valence-electron chi connectivity index (χ4n) is 6.44. The molecule has 238 valence electrons. The van der Waals surface area contributed by atoms with Crippen molar-refractivity contribution in [3.63, 3.8) is 0 Å². The molecule has 0 bridgehead atoms. The van der Waals surface area contributed by atoms with Crippen LogP contribution in [0.15, 0.2) is 66.7 Å². The van der Waals surface area contributed by atoms with Crippen LogP contribution in [0.25, 0.3) is 22.4 Å². The monoisotopic (exact) mass is 665 g/mol. The lowest BCUT2D eigenvalue weighted by atomic mass is 9.97. The summed E-state index contributed by atoms with van der Waals surface area (Å²) in [4.78, 5) is 2.55. The second-order valence-electron chi connectivity index (χ2n) is 12.2. The molecular formula is C35H41Cl2N5O2S. The number of benzene rings is 3. The minimum atomic E-state index is -3.32. The van der Waals surface area contributed by atoms with Gasteiger partial charge in [0, 0.05) is 71.6 Å². The Balaban J connectivity index is 1.21. The van der Waals surface area contributed by atoms with Gasteiger partial charge < -0.3 is 10.2 Å². The molecular weight excluding hydrogens is 625 g/mol. The molecule has 2 aliphatic heterocycles. The summed E-state index contributed by atoms with van der Waals surface area (Å²) in [5.74, 6) is 0. The lowest BCUT2D eigenvalue weighted by Crippen LogP contribution is -2.35. The van der Waals surface area contributed by atoms with E-state index < -0.39 is 10.0 Å². The Morgan fingerprint density at radius 2 is 1.49 bits per heavy atom. The highest BCUT2D eigenvalue weighted by Crippen LogP contribution is 2.36. The zero-order chi connectivity index (χ0) is 31.4. The van der Waals surface area contributed by atoms with Crippen LogP contribution in [0.4, 0.5) is 0 Å². The number of piperidine rings is 1. The van der Waals surface area contributed by atoms with E-state index in [9.17, 15) is 8.42 Å². The van der Waals surface area contributed by atoms with Crippen LogP contribution >= 0.6 is 23.2 Å². The summed E-state index contributed by atoms with van der Waals surface area (Å²) >= 11 is 12.8. The predicted octanol–water partition coefficient (Wildman–Crippen LogP) is 7.01. The van der Waals surface area contributed by atoms with Gasteiger partial charge in [-0.2, -0.15) is 9.40 Å². The van der Waals surface area contributed by atoms with Crippen LogP contribution in [-0.2, 0) is 42.6 Å². The maximum Gasteiger partial charge on any atom is 0.211 e. The number of hydrogen-bond donors (Lipinski definition) is 1. The van der Waals surface area contributed by atoms with Gasteiger partial charge >= 0.3 is 0 Å². The molecule has 6 rings (SSSR count). The highest BCUT2D eigenvalue weighted by Gasteiger charge is 2.30. The van der Waals surface area contributed by atoms with Crippen molar-refractivity contribution in [1.29, 1.82) is 0 Å². The van der Waals surface area contributed by atoms with E-state index >= 15 is 0 Å². The number of rotatable bonds is 11. The minimum absolute atomic E-state index is 0.339. The maximum atomic E-state index is 12.5. The van der Waals surface area contributed by atoms with E-state index in [0.29, 0.717) is 24.5 Å². The topological polar surface area (TPSA) is 70.5 Å². The zero-order valence-electron chi connectivity index (χ0n) is 25.8. The lowest BCUT2D eigenvalue weighted by Gasteiger charge is -2.27. The predicted molar refractivity (Wildman–Crippen MR) is 184 cm³/mol. The highest BCUT2D eigenvalue weighted by atomic mass is 35.5. The first-order valence-electron chi connectivity index (χ1n) is 15.8. The Kier molecular flexibility index (Phi) is 10.3. The van der Waals surface area contributed by atoms with E-state index in [-0.39, 0.29) is 0 Å². The second-order valence-corrected chi connectivity index (χ2v) is 15.0. The van der Waals surface area contributed by atoms with Crippen LogP contribution < -0.4 is 5.32 Å². The molecule has 0 aliphatic carbocycles. The van der Waals surface area contributed by atoms with Crippen LogP contribution in [0.5, 0.6) is 0 Å². The molecule has 0 amide bonds. The Bertz CT molecular complexity index is 1720. The number of aromatic nitrogens is 2. The van der Waals surface area contributed by atoms with E-state index in [0.717, 1.165) is 71.3 Å². The minimum Gasteiger partial charge on any atom is -0.309 e. The van der Waals surface area contributed by atoms with Gasteiger partial charge in [-0.25, -0.2) is 8.42 Å². The Morgan fingerprint density at radius 3 is 2.18 bits per heavy atom. The van der Waals surface area contributed by atoms with Crippen LogP contribution in [0.1, 0.15) is 48.1 Å². The first kappa shape index (κ1) is 32.2. The summed E-state index contributed by atoms with van der Waals surface area (Å²) < 4.78 is 28.7. The van der Waals surface area contributed by atoms with Crippen LogP contribution in [0, 0.1) is 0 Å². The standard InChI is InChI=1S/C35H41Cl2N5O2S/c1-45(43,44)41-21-16-34-32(25-41)35(39-42(34)20-5-19-40-17-3-2-4-18-40)29-12-15-33(37)31(22-29)28-10-6-26(7-11-28)23-38-24-27-8-13-30(36)14-9-27/h6-15,22,38H,2-5,16-21,23-25H2,1H3. The molecule has 1 aromatic heterocycles. The molecule has 0 saturated carbocycles. The number of aryl methyl sites for hydroxylation is 1. The van der Waals surface area contributed by atoms with Crippen molar-refractivity contribution in [2.24, 2.45) is 0 Å². The summed E-state index contributed by atoms with van der Waals surface area (Å²) in [6, 6.07) is 22.3. The molecule has 3 aromatic carbocycles. The van der Waals surface area contributed by atoms with Gasteiger partial charge in [0.1, 0.15) is 0 Å². The van der Waals surface area contributed by atoms with Crippen molar-refractivity contribution in [1.82, 2.24) is 24.3 Å². The normalized spacial score (nSPS) is 16.2. The van der Waals surface area contributed by atoms with E-state index in [2.05, 4.69) is 45.2 Å². The smallest absolute Gasteiger partial charge is 0.211 e. The van der Waals surface area contributed by atoms with E-state index in [4.69, 9.17) is 28.3 Å². The molecule has 0 spiro atoms. The van der Waals surface area contributed by atoms with Gasteiger partial charge in [0.15, 0.2) is 0 Å². The number of sulfonamides is 1. The molecule has 10 heteroatoms. The van der Waals surface area contributed by atoms with E-state index in [1.165, 1.54) is 49.7 Å². The SMILES string of the molecule is CS(=O)(=O)N1CCc2c(c(-c3ccc(Cl)c(-c4ccc(CNCc5ccc(Cl)cc5)cc4)c3)nn2CCCN2CCCCC2)C1. The number of hydrogen-bond acceptors (Lipinski definition) is 5. The number of likely N-dealkylation sites (tertiary alicyclic amines) is 1. The molecule has 4 aromatic rings.